The van der Waals surface area contributed by atoms with Crippen molar-refractivity contribution in [1.29, 1.82) is 0 Å². The molecule has 1 aliphatic rings. The molecule has 0 radical (unpaired) electrons. The zero-order valence-corrected chi connectivity index (χ0v) is 9.71. The summed E-state index contributed by atoms with van der Waals surface area (Å²) in [6, 6.07) is 0. The maximum Gasteiger partial charge on any atom is 0.223 e. The summed E-state index contributed by atoms with van der Waals surface area (Å²) in [4.78, 5) is 13.4. The molecule has 1 aliphatic heterocycles. The number of hydrogen-bond donors (Lipinski definition) is 0. The van der Waals surface area contributed by atoms with Crippen LogP contribution >= 0.6 is 15.9 Å². The molecule has 1 rings (SSSR count). The number of carbonyl (C=O) groups excluding carboxylic acids is 1. The minimum Gasteiger partial charge on any atom is -0.372 e. The molecule has 1 fully saturated rings. The van der Waals surface area contributed by atoms with Gasteiger partial charge >= 0.3 is 0 Å². The number of ether oxygens (including phenoxy) is 1. The lowest BCUT2D eigenvalue weighted by Crippen LogP contribution is -2.48. The first kappa shape index (κ1) is 11.0. The molecule has 2 atom stereocenters. The first-order valence-electron chi connectivity index (χ1n) is 4.62. The minimum atomic E-state index is 0.169. The van der Waals surface area contributed by atoms with E-state index in [4.69, 9.17) is 4.74 Å². The Morgan fingerprint density at radius 1 is 1.46 bits per heavy atom. The lowest BCUT2D eigenvalue weighted by molar-refractivity contribution is -0.142. The summed E-state index contributed by atoms with van der Waals surface area (Å²) in [5.41, 5.74) is 0. The van der Waals surface area contributed by atoms with E-state index < -0.39 is 0 Å². The van der Waals surface area contributed by atoms with Crippen molar-refractivity contribution in [2.24, 2.45) is 0 Å². The van der Waals surface area contributed by atoms with Gasteiger partial charge in [-0.2, -0.15) is 0 Å². The molecule has 0 N–H and O–H groups in total. The van der Waals surface area contributed by atoms with Gasteiger partial charge in [0.2, 0.25) is 5.91 Å². The van der Waals surface area contributed by atoms with Crippen LogP contribution in [-0.4, -0.2) is 41.4 Å². The van der Waals surface area contributed by atoms with Gasteiger partial charge in [0.25, 0.3) is 0 Å². The highest BCUT2D eigenvalue weighted by atomic mass is 79.9. The molecule has 0 bridgehead atoms. The highest BCUT2D eigenvalue weighted by Crippen LogP contribution is 2.11. The van der Waals surface area contributed by atoms with Crippen molar-refractivity contribution in [1.82, 2.24) is 4.90 Å². The van der Waals surface area contributed by atoms with Crippen LogP contribution in [0.25, 0.3) is 0 Å². The van der Waals surface area contributed by atoms with E-state index in [1.165, 1.54) is 0 Å². The summed E-state index contributed by atoms with van der Waals surface area (Å²) < 4.78 is 5.54. The van der Waals surface area contributed by atoms with Crippen molar-refractivity contribution in [3.8, 4) is 0 Å². The molecule has 4 heteroatoms. The lowest BCUT2D eigenvalue weighted by Gasteiger charge is -2.35. The number of alkyl halides is 1. The van der Waals surface area contributed by atoms with Crippen LogP contribution in [0.1, 0.15) is 20.3 Å². The molecule has 0 saturated carbocycles. The Morgan fingerprint density at radius 2 is 2.00 bits per heavy atom. The standard InChI is InChI=1S/C9H16BrNO2/c1-7-5-11(6-8(2)13-7)9(12)3-4-10/h7-8H,3-6H2,1-2H3/t7-,8+. The zero-order chi connectivity index (χ0) is 9.84. The molecule has 1 amide bonds. The SMILES string of the molecule is C[C@@H]1CN(C(=O)CCBr)C[C@H](C)O1. The van der Waals surface area contributed by atoms with Crippen LogP contribution < -0.4 is 0 Å². The zero-order valence-electron chi connectivity index (χ0n) is 8.12. The fraction of sp³-hybridized carbons (Fsp3) is 0.889. The van der Waals surface area contributed by atoms with Crippen LogP contribution in [0.5, 0.6) is 0 Å². The fourth-order valence-electron chi connectivity index (χ4n) is 1.62. The van der Waals surface area contributed by atoms with E-state index in [0.29, 0.717) is 6.42 Å². The summed E-state index contributed by atoms with van der Waals surface area (Å²) in [6.45, 7) is 5.47. The molecule has 3 nitrogen and oxygen atoms in total. The molecule has 76 valence electrons. The van der Waals surface area contributed by atoms with Gasteiger partial charge in [0.1, 0.15) is 0 Å². The fourth-order valence-corrected chi connectivity index (χ4v) is 1.96. The number of morpholine rings is 1. The molecule has 1 saturated heterocycles. The topological polar surface area (TPSA) is 29.5 Å². The van der Waals surface area contributed by atoms with Gasteiger partial charge in [-0.05, 0) is 13.8 Å². The van der Waals surface area contributed by atoms with Gasteiger partial charge in [-0.25, -0.2) is 0 Å². The van der Waals surface area contributed by atoms with E-state index >= 15 is 0 Å². The third kappa shape index (κ3) is 3.27. The summed E-state index contributed by atoms with van der Waals surface area (Å²) in [6.07, 6.45) is 0.922. The number of carbonyl (C=O) groups is 1. The van der Waals surface area contributed by atoms with Crippen molar-refractivity contribution in [3.63, 3.8) is 0 Å². The molecule has 13 heavy (non-hydrogen) atoms. The van der Waals surface area contributed by atoms with Gasteiger partial charge in [0.15, 0.2) is 0 Å². The van der Waals surface area contributed by atoms with Crippen molar-refractivity contribution in [3.05, 3.63) is 0 Å². The Bertz CT molecular complexity index is 176. The third-order valence-corrected chi connectivity index (χ3v) is 2.48. The van der Waals surface area contributed by atoms with Crippen LogP contribution in [0.3, 0.4) is 0 Å². The number of nitrogens with zero attached hydrogens (tertiary/aromatic N) is 1. The number of rotatable bonds is 2. The minimum absolute atomic E-state index is 0.169. The molecular weight excluding hydrogens is 234 g/mol. The van der Waals surface area contributed by atoms with E-state index in [2.05, 4.69) is 15.9 Å². The molecule has 0 aromatic rings. The van der Waals surface area contributed by atoms with Gasteiger partial charge in [0.05, 0.1) is 12.2 Å². The van der Waals surface area contributed by atoms with Crippen molar-refractivity contribution < 1.29 is 9.53 Å². The predicted molar refractivity (Wildman–Crippen MR) is 55.0 cm³/mol. The Hall–Kier alpha value is -0.0900. The summed E-state index contributed by atoms with van der Waals surface area (Å²) >= 11 is 3.27. The van der Waals surface area contributed by atoms with Crippen LogP contribution in [-0.2, 0) is 9.53 Å². The predicted octanol–water partition coefficient (Wildman–Crippen LogP) is 1.41. The summed E-state index contributed by atoms with van der Waals surface area (Å²) in [5, 5.41) is 0.742. The summed E-state index contributed by atoms with van der Waals surface area (Å²) in [5.74, 6) is 0.221. The van der Waals surface area contributed by atoms with E-state index in [9.17, 15) is 4.79 Å². The lowest BCUT2D eigenvalue weighted by atomic mass is 10.2. The molecule has 0 spiro atoms. The monoisotopic (exact) mass is 249 g/mol. The van der Waals surface area contributed by atoms with Crippen molar-refractivity contribution >= 4 is 21.8 Å². The highest BCUT2D eigenvalue weighted by Gasteiger charge is 2.24. The van der Waals surface area contributed by atoms with Gasteiger partial charge in [-0.3, -0.25) is 4.79 Å². The quantitative estimate of drug-likeness (QED) is 0.693. The normalized spacial score (nSPS) is 29.0. The highest BCUT2D eigenvalue weighted by molar-refractivity contribution is 9.09. The Balaban J connectivity index is 2.45. The second-order valence-corrected chi connectivity index (χ2v) is 4.29. The van der Waals surface area contributed by atoms with Crippen LogP contribution in [0, 0.1) is 0 Å². The summed E-state index contributed by atoms with van der Waals surface area (Å²) in [7, 11) is 0. The van der Waals surface area contributed by atoms with E-state index in [0.717, 1.165) is 18.4 Å². The molecular formula is C9H16BrNO2. The number of hydrogen-bond acceptors (Lipinski definition) is 2. The van der Waals surface area contributed by atoms with Gasteiger partial charge in [0, 0.05) is 24.8 Å². The molecule has 0 aromatic heterocycles. The van der Waals surface area contributed by atoms with E-state index in [1.807, 2.05) is 18.7 Å². The number of amides is 1. The van der Waals surface area contributed by atoms with Crippen LogP contribution in [0.15, 0.2) is 0 Å². The Labute approximate surface area is 87.6 Å². The van der Waals surface area contributed by atoms with E-state index in [1.54, 1.807) is 0 Å². The average Bonchev–Trinajstić information content (AvgIpc) is 2.03. The number of halogens is 1. The third-order valence-electron chi connectivity index (χ3n) is 2.08. The van der Waals surface area contributed by atoms with Crippen molar-refractivity contribution in [2.75, 3.05) is 18.4 Å². The second kappa shape index (κ2) is 4.96. The van der Waals surface area contributed by atoms with Gasteiger partial charge in [-0.1, -0.05) is 15.9 Å². The smallest absolute Gasteiger partial charge is 0.223 e. The van der Waals surface area contributed by atoms with Crippen molar-refractivity contribution in [2.45, 2.75) is 32.5 Å². The van der Waals surface area contributed by atoms with Crippen LogP contribution in [0.2, 0.25) is 0 Å². The maximum absolute atomic E-state index is 11.5. The largest absolute Gasteiger partial charge is 0.372 e. The maximum atomic E-state index is 11.5. The van der Waals surface area contributed by atoms with E-state index in [-0.39, 0.29) is 18.1 Å². The average molecular weight is 250 g/mol. The second-order valence-electron chi connectivity index (χ2n) is 3.50. The molecule has 0 unspecified atom stereocenters. The Morgan fingerprint density at radius 3 is 2.46 bits per heavy atom. The molecule has 0 aromatic carbocycles. The Kier molecular flexibility index (Phi) is 4.19. The van der Waals surface area contributed by atoms with Gasteiger partial charge in [-0.15, -0.1) is 0 Å². The van der Waals surface area contributed by atoms with Gasteiger partial charge < -0.3 is 9.64 Å². The first-order chi connectivity index (χ1) is 6.13. The van der Waals surface area contributed by atoms with Crippen LogP contribution in [0.4, 0.5) is 0 Å². The first-order valence-corrected chi connectivity index (χ1v) is 5.75. The molecule has 0 aliphatic carbocycles. The molecule has 1 heterocycles.